The third-order valence-electron chi connectivity index (χ3n) is 9.15. The first-order valence-corrected chi connectivity index (χ1v) is 16.2. The van der Waals surface area contributed by atoms with Gasteiger partial charge in [0.25, 0.3) is 11.8 Å². The molecule has 0 saturated carbocycles. The molecule has 0 unspecified atom stereocenters. The van der Waals surface area contributed by atoms with Crippen molar-refractivity contribution >= 4 is 45.2 Å². The number of Topliss-reactive ketones (excluding diaryl/α,β-unsaturated/α-hetero) is 1. The molecule has 2 amide bonds. The summed E-state index contributed by atoms with van der Waals surface area (Å²) in [5.74, 6) is -2.34. The van der Waals surface area contributed by atoms with Crippen molar-refractivity contribution in [1.82, 2.24) is 9.80 Å². The van der Waals surface area contributed by atoms with E-state index >= 15 is 0 Å². The number of rotatable bonds is 7. The van der Waals surface area contributed by atoms with Crippen LogP contribution in [-0.4, -0.2) is 72.5 Å². The smallest absolute Gasteiger partial charge is 0.316 e. The second-order valence-electron chi connectivity index (χ2n) is 11.8. The number of hydrogen-bond donors (Lipinski definition) is 1. The van der Waals surface area contributed by atoms with Crippen LogP contribution in [0.2, 0.25) is 0 Å². The summed E-state index contributed by atoms with van der Waals surface area (Å²) in [6.45, 7) is 7.54. The number of aliphatic hydroxyl groups is 1. The van der Waals surface area contributed by atoms with Crippen LogP contribution in [0.4, 0.5) is 0 Å². The molecule has 2 bridgehead atoms. The number of piperazine rings is 1. The second-order valence-corrected chi connectivity index (χ2v) is 14.5. The van der Waals surface area contributed by atoms with Crippen molar-refractivity contribution in [3.8, 4) is 0 Å². The van der Waals surface area contributed by atoms with Gasteiger partial charge in [0.05, 0.1) is 43.2 Å². The van der Waals surface area contributed by atoms with Crippen LogP contribution in [0.3, 0.4) is 0 Å². The maximum atomic E-state index is 14.5. The Morgan fingerprint density at radius 3 is 2.17 bits per heavy atom. The molecule has 220 valence electrons. The summed E-state index contributed by atoms with van der Waals surface area (Å²) in [4.78, 5) is 55.7. The lowest BCUT2D eigenvalue weighted by Gasteiger charge is -2.58. The first-order chi connectivity index (χ1) is 19.6. The molecule has 7 aliphatic rings. The maximum absolute atomic E-state index is 14.5. The van der Waals surface area contributed by atoms with Crippen LogP contribution in [0.25, 0.3) is 0 Å². The predicted molar refractivity (Wildman–Crippen MR) is 151 cm³/mol. The third-order valence-corrected chi connectivity index (χ3v) is 12.7. The number of carbonyl (C=O) groups excluding carboxylic acids is 4. The number of aliphatic hydroxyl groups excluding tert-OH is 1. The lowest BCUT2D eigenvalue weighted by molar-refractivity contribution is -0.171. The number of carbonyl (C=O) groups is 4. The summed E-state index contributed by atoms with van der Waals surface area (Å²) in [6.07, 6.45) is 8.85. The van der Waals surface area contributed by atoms with E-state index in [1.165, 1.54) is 57.6 Å². The van der Waals surface area contributed by atoms with Crippen LogP contribution in [0, 0.1) is 17.8 Å². The topological polar surface area (TPSA) is 123 Å². The second kappa shape index (κ2) is 10.2. The molecule has 0 aromatic carbocycles. The van der Waals surface area contributed by atoms with Crippen molar-refractivity contribution in [2.45, 2.75) is 87.4 Å². The zero-order valence-electron chi connectivity index (χ0n) is 23.3. The molecule has 5 fully saturated rings. The Bertz CT molecular complexity index is 1310. The van der Waals surface area contributed by atoms with E-state index in [1.54, 1.807) is 17.9 Å². The molecule has 12 heteroatoms. The molecule has 10 nitrogen and oxygen atoms in total. The molecule has 0 aliphatic carbocycles. The summed E-state index contributed by atoms with van der Waals surface area (Å²) in [6, 6.07) is -1.49. The zero-order chi connectivity index (χ0) is 29.3. The number of ketones is 1. The van der Waals surface area contributed by atoms with Crippen LogP contribution in [0.15, 0.2) is 48.3 Å². The number of hydrogen-bond acceptors (Lipinski definition) is 10. The number of esters is 1. The van der Waals surface area contributed by atoms with Gasteiger partial charge in [0.15, 0.2) is 9.74 Å². The predicted octanol–water partition coefficient (Wildman–Crippen LogP) is 3.40. The summed E-state index contributed by atoms with van der Waals surface area (Å²) in [7, 11) is 2.66. The molecule has 1 N–H and O–H groups in total. The monoisotopic (exact) mass is 602 g/mol. The highest BCUT2D eigenvalue weighted by molar-refractivity contribution is 8.78. The van der Waals surface area contributed by atoms with Crippen molar-refractivity contribution in [3.05, 3.63) is 48.3 Å². The Morgan fingerprint density at radius 2 is 1.56 bits per heavy atom. The number of fused-ring (bicyclic) bond motifs is 3. The number of nitrogens with zero attached hydrogens (tertiary/aromatic N) is 2. The number of amides is 2. The van der Waals surface area contributed by atoms with E-state index in [0.29, 0.717) is 23.5 Å². The molecule has 41 heavy (non-hydrogen) atoms. The van der Waals surface area contributed by atoms with Crippen molar-refractivity contribution in [2.75, 3.05) is 0 Å². The van der Waals surface area contributed by atoms with Crippen molar-refractivity contribution in [2.24, 2.45) is 17.8 Å². The van der Waals surface area contributed by atoms with Gasteiger partial charge in [0.2, 0.25) is 0 Å². The van der Waals surface area contributed by atoms with Gasteiger partial charge in [-0.2, -0.15) is 0 Å². The minimum absolute atomic E-state index is 0.177. The maximum Gasteiger partial charge on any atom is 0.316 e. The van der Waals surface area contributed by atoms with E-state index in [-0.39, 0.29) is 36.4 Å². The van der Waals surface area contributed by atoms with E-state index in [0.717, 1.165) is 6.42 Å². The van der Waals surface area contributed by atoms with E-state index in [1.807, 2.05) is 6.92 Å². The van der Waals surface area contributed by atoms with Gasteiger partial charge in [-0.05, 0) is 42.6 Å². The SMILES string of the molecule is CC[C@H](C)C[C@H](C)C(=O)[C@@H](C)C(=O)O[C@H]1C=COC=C2C[C@@]34SS[C@]5(CC6=COC=C[C@H](O)[C@H]6N5C3=O)C(=O)N4[C@@H]21. The summed E-state index contributed by atoms with van der Waals surface area (Å²) in [5.41, 5.74) is 1.31. The van der Waals surface area contributed by atoms with Gasteiger partial charge in [-0.25, -0.2) is 0 Å². The van der Waals surface area contributed by atoms with Crippen LogP contribution < -0.4 is 0 Å². The highest BCUT2D eigenvalue weighted by Gasteiger charge is 2.77. The minimum Gasteiger partial charge on any atom is -0.473 e. The third kappa shape index (κ3) is 4.11. The Hall–Kier alpha value is -2.70. The average molecular weight is 603 g/mol. The molecule has 0 aromatic heterocycles. The molecular formula is C29H34N2O8S2. The van der Waals surface area contributed by atoms with E-state index in [2.05, 4.69) is 13.8 Å². The van der Waals surface area contributed by atoms with Crippen molar-refractivity contribution in [3.63, 3.8) is 0 Å². The molecule has 2 spiro atoms. The standard InChI is InChI=1S/C29H34N2O8S2/c1-5-15(2)10-16(3)24(33)17(4)25(34)39-21-7-9-38-14-19-12-29-26(35)30-22-18(13-37-8-6-20(22)32)11-28(30,40-41-29)27(36)31(29)23(19)21/h6-9,13-17,20-23,32H,5,10-12H2,1-4H3/t15-,16-,17+,20-,21-,22-,23-,28+,29+/m0/s1. The molecule has 7 heterocycles. The fourth-order valence-corrected chi connectivity index (χ4v) is 10.5. The fraction of sp³-hybridized carbons (Fsp3) is 0.586. The van der Waals surface area contributed by atoms with Crippen LogP contribution >= 0.6 is 21.6 Å². The van der Waals surface area contributed by atoms with Gasteiger partial charge in [-0.3, -0.25) is 19.2 Å². The molecule has 0 aromatic rings. The molecule has 5 saturated heterocycles. The van der Waals surface area contributed by atoms with Gasteiger partial charge in [0, 0.05) is 18.8 Å². The summed E-state index contributed by atoms with van der Waals surface area (Å²) < 4.78 is 16.9. The molecule has 0 radical (unpaired) electrons. The van der Waals surface area contributed by atoms with E-state index < -0.39 is 45.9 Å². The minimum atomic E-state index is -1.29. The first kappa shape index (κ1) is 28.4. The Kier molecular flexibility index (Phi) is 7.09. The van der Waals surface area contributed by atoms with Gasteiger partial charge in [-0.1, -0.05) is 48.8 Å². The Balaban J connectivity index is 1.30. The quantitative estimate of drug-likeness (QED) is 0.264. The average Bonchev–Trinajstić information content (AvgIpc) is 3.34. The van der Waals surface area contributed by atoms with Crippen LogP contribution in [-0.2, 0) is 33.4 Å². The van der Waals surface area contributed by atoms with Gasteiger partial charge >= 0.3 is 5.97 Å². The van der Waals surface area contributed by atoms with E-state index in [9.17, 15) is 24.3 Å². The van der Waals surface area contributed by atoms with E-state index in [4.69, 9.17) is 14.2 Å². The number of ether oxygens (including phenoxy) is 3. The van der Waals surface area contributed by atoms with Crippen molar-refractivity contribution in [1.29, 1.82) is 0 Å². The fourth-order valence-electron chi connectivity index (χ4n) is 6.81. The normalized spacial score (nSPS) is 36.8. The van der Waals surface area contributed by atoms with Crippen LogP contribution in [0.5, 0.6) is 0 Å². The van der Waals surface area contributed by atoms with Crippen molar-refractivity contribution < 1.29 is 38.5 Å². The van der Waals surface area contributed by atoms with Gasteiger partial charge < -0.3 is 29.1 Å². The van der Waals surface area contributed by atoms with Crippen LogP contribution in [0.1, 0.15) is 53.4 Å². The zero-order valence-corrected chi connectivity index (χ0v) is 25.0. The highest BCUT2D eigenvalue weighted by Crippen LogP contribution is 2.69. The lowest BCUT2D eigenvalue weighted by Crippen LogP contribution is -2.77. The largest absolute Gasteiger partial charge is 0.473 e. The highest BCUT2D eigenvalue weighted by atomic mass is 33.1. The molecule has 9 atom stereocenters. The Morgan fingerprint density at radius 1 is 1.00 bits per heavy atom. The summed E-state index contributed by atoms with van der Waals surface area (Å²) in [5, 5.41) is 10.9. The first-order valence-electron chi connectivity index (χ1n) is 14.0. The summed E-state index contributed by atoms with van der Waals surface area (Å²) >= 11 is 0. The molecule has 7 rings (SSSR count). The molecule has 7 aliphatic heterocycles. The van der Waals surface area contributed by atoms with Gasteiger partial charge in [0.1, 0.15) is 17.8 Å². The Labute approximate surface area is 246 Å². The molecular weight excluding hydrogens is 568 g/mol. The van der Waals surface area contributed by atoms with Gasteiger partial charge in [-0.15, -0.1) is 0 Å². The lowest BCUT2D eigenvalue weighted by atomic mass is 9.87.